The van der Waals surface area contributed by atoms with Gasteiger partial charge in [-0.3, -0.25) is 14.4 Å². The molecule has 0 aliphatic carbocycles. The van der Waals surface area contributed by atoms with Gasteiger partial charge in [-0.05, 0) is 83.5 Å². The van der Waals surface area contributed by atoms with Crippen LogP contribution in [0, 0.1) is 0 Å². The smallest absolute Gasteiger partial charge is 0.306 e. The van der Waals surface area contributed by atoms with E-state index in [0.717, 1.165) is 96.3 Å². The van der Waals surface area contributed by atoms with Crippen LogP contribution in [0.25, 0.3) is 0 Å². The second kappa shape index (κ2) is 62.6. The Morgan fingerprint density at radius 2 is 0.527 bits per heavy atom. The average Bonchev–Trinajstić information content (AvgIpc) is 3.40. The molecule has 1 atom stereocenters. The molecule has 74 heavy (non-hydrogen) atoms. The molecule has 0 aromatic heterocycles. The van der Waals surface area contributed by atoms with Crippen molar-refractivity contribution in [3.8, 4) is 0 Å². The molecule has 1 unspecified atom stereocenters. The van der Waals surface area contributed by atoms with Crippen LogP contribution in [0.5, 0.6) is 0 Å². The zero-order valence-electron chi connectivity index (χ0n) is 49.4. The standard InChI is InChI=1S/C68H122O6/c1-4-7-10-13-16-19-21-23-25-27-28-29-30-31-32-33-34-35-36-37-38-39-40-42-43-45-47-49-52-55-58-61-67(70)73-64-65(63-72-66(69)60-57-54-51-18-15-12-9-6-3)74-68(71)62-59-56-53-50-48-46-44-41-26-24-22-20-17-14-11-8-5-2/h8,11,17,20,24,26-28,44,46,65H,4-7,9-10,12-16,18-19,21-23,25,29-43,45,47-64H2,1-3H3/b11-8-,20-17-,26-24-,28-27-,46-44-. The van der Waals surface area contributed by atoms with Crippen molar-refractivity contribution in [1.82, 2.24) is 0 Å². The Morgan fingerprint density at radius 3 is 0.838 bits per heavy atom. The fourth-order valence-corrected chi connectivity index (χ4v) is 9.43. The molecule has 0 aliphatic heterocycles. The highest BCUT2D eigenvalue weighted by atomic mass is 16.6. The van der Waals surface area contributed by atoms with Crippen molar-refractivity contribution >= 4 is 17.9 Å². The molecular formula is C68H122O6. The van der Waals surface area contributed by atoms with Crippen molar-refractivity contribution in [1.29, 1.82) is 0 Å². The van der Waals surface area contributed by atoms with Gasteiger partial charge in [-0.25, -0.2) is 0 Å². The fourth-order valence-electron chi connectivity index (χ4n) is 9.43. The van der Waals surface area contributed by atoms with Gasteiger partial charge in [0.2, 0.25) is 0 Å². The Hall–Kier alpha value is -2.89. The lowest BCUT2D eigenvalue weighted by Crippen LogP contribution is -2.30. The number of esters is 3. The molecule has 0 saturated heterocycles. The van der Waals surface area contributed by atoms with E-state index in [9.17, 15) is 14.4 Å². The Bertz CT molecular complexity index is 1330. The highest BCUT2D eigenvalue weighted by molar-refractivity contribution is 5.71. The van der Waals surface area contributed by atoms with Crippen LogP contribution in [-0.4, -0.2) is 37.2 Å². The first-order chi connectivity index (χ1) is 36.5. The summed E-state index contributed by atoms with van der Waals surface area (Å²) in [6.45, 7) is 6.51. The molecule has 0 fully saturated rings. The SMILES string of the molecule is CC/C=C\C/C=C\C/C=C\C/C=C\CCCCCCC(=O)OC(COC(=O)CCCCCCCCCC)COC(=O)CCCCCCCCCCCCCCCCCCCCC/C=C\CCCCCCCCCC. The van der Waals surface area contributed by atoms with E-state index in [-0.39, 0.29) is 31.1 Å². The number of carbonyl (C=O) groups excluding carboxylic acids is 3. The van der Waals surface area contributed by atoms with E-state index < -0.39 is 6.10 Å². The maximum absolute atomic E-state index is 12.8. The first kappa shape index (κ1) is 71.1. The molecule has 0 radical (unpaired) electrons. The third kappa shape index (κ3) is 60.0. The Labute approximate surface area is 460 Å². The van der Waals surface area contributed by atoms with Gasteiger partial charge in [-0.15, -0.1) is 0 Å². The summed E-state index contributed by atoms with van der Waals surface area (Å²) in [5.74, 6) is -0.895. The molecule has 0 aromatic rings. The highest BCUT2D eigenvalue weighted by Gasteiger charge is 2.19. The number of allylic oxidation sites excluding steroid dienone is 10. The van der Waals surface area contributed by atoms with Gasteiger partial charge in [0.25, 0.3) is 0 Å². The topological polar surface area (TPSA) is 78.9 Å². The van der Waals surface area contributed by atoms with Crippen LogP contribution in [0.3, 0.4) is 0 Å². The summed E-state index contributed by atoms with van der Waals surface area (Å²) in [4.78, 5) is 38.1. The zero-order chi connectivity index (χ0) is 53.6. The van der Waals surface area contributed by atoms with Crippen molar-refractivity contribution in [3.05, 3.63) is 60.8 Å². The Kier molecular flexibility index (Phi) is 60.2. The van der Waals surface area contributed by atoms with Crippen molar-refractivity contribution in [2.24, 2.45) is 0 Å². The van der Waals surface area contributed by atoms with Gasteiger partial charge < -0.3 is 14.2 Å². The summed E-state index contributed by atoms with van der Waals surface area (Å²) in [5.41, 5.74) is 0. The number of carbonyl (C=O) groups is 3. The summed E-state index contributed by atoms with van der Waals surface area (Å²) in [7, 11) is 0. The molecule has 6 nitrogen and oxygen atoms in total. The number of rotatable bonds is 59. The van der Waals surface area contributed by atoms with E-state index in [1.165, 1.54) is 199 Å². The zero-order valence-corrected chi connectivity index (χ0v) is 49.4. The monoisotopic (exact) mass is 1030 g/mol. The first-order valence-electron chi connectivity index (χ1n) is 32.3. The van der Waals surface area contributed by atoms with Crippen molar-refractivity contribution in [2.75, 3.05) is 13.2 Å². The normalized spacial score (nSPS) is 12.4. The predicted octanol–water partition coefficient (Wildman–Crippen LogP) is 21.9. The third-order valence-electron chi connectivity index (χ3n) is 14.3. The molecule has 0 saturated carbocycles. The van der Waals surface area contributed by atoms with Gasteiger partial charge in [-0.2, -0.15) is 0 Å². The second-order valence-electron chi connectivity index (χ2n) is 21.6. The van der Waals surface area contributed by atoms with E-state index in [2.05, 4.69) is 81.5 Å². The summed E-state index contributed by atoms with van der Waals surface area (Å²) in [6, 6.07) is 0. The number of hydrogen-bond acceptors (Lipinski definition) is 6. The molecule has 0 aliphatic rings. The summed E-state index contributed by atoms with van der Waals surface area (Å²) < 4.78 is 16.8. The minimum atomic E-state index is -0.783. The van der Waals surface area contributed by atoms with Crippen LogP contribution in [0.1, 0.15) is 335 Å². The van der Waals surface area contributed by atoms with Crippen molar-refractivity contribution in [3.63, 3.8) is 0 Å². The van der Waals surface area contributed by atoms with Crippen molar-refractivity contribution in [2.45, 2.75) is 341 Å². The minimum Gasteiger partial charge on any atom is -0.462 e. The van der Waals surface area contributed by atoms with Gasteiger partial charge in [0, 0.05) is 19.3 Å². The molecule has 6 heteroatoms. The maximum Gasteiger partial charge on any atom is 0.306 e. The lowest BCUT2D eigenvalue weighted by molar-refractivity contribution is -0.167. The first-order valence-corrected chi connectivity index (χ1v) is 32.3. The van der Waals surface area contributed by atoms with E-state index >= 15 is 0 Å². The second-order valence-corrected chi connectivity index (χ2v) is 21.6. The molecule has 0 amide bonds. The number of hydrogen-bond donors (Lipinski definition) is 0. The number of unbranched alkanes of at least 4 members (excludes halogenated alkanes) is 38. The van der Waals surface area contributed by atoms with E-state index in [1.807, 2.05) is 0 Å². The van der Waals surface area contributed by atoms with Crippen LogP contribution in [0.2, 0.25) is 0 Å². The maximum atomic E-state index is 12.8. The largest absolute Gasteiger partial charge is 0.462 e. The third-order valence-corrected chi connectivity index (χ3v) is 14.3. The van der Waals surface area contributed by atoms with Crippen LogP contribution >= 0.6 is 0 Å². The minimum absolute atomic E-state index is 0.0808. The van der Waals surface area contributed by atoms with Crippen LogP contribution < -0.4 is 0 Å². The fraction of sp³-hybridized carbons (Fsp3) is 0.809. The molecule has 0 bridgehead atoms. The predicted molar refractivity (Wildman–Crippen MR) is 321 cm³/mol. The molecule has 0 rings (SSSR count). The molecule has 0 aromatic carbocycles. The molecule has 0 spiro atoms. The summed E-state index contributed by atoms with van der Waals surface area (Å²) in [6.07, 6.45) is 79.8. The van der Waals surface area contributed by atoms with Gasteiger partial charge in [0.1, 0.15) is 13.2 Å². The van der Waals surface area contributed by atoms with Gasteiger partial charge in [-0.1, -0.05) is 293 Å². The molecule has 430 valence electrons. The van der Waals surface area contributed by atoms with E-state index in [0.29, 0.717) is 19.3 Å². The summed E-state index contributed by atoms with van der Waals surface area (Å²) >= 11 is 0. The van der Waals surface area contributed by atoms with E-state index in [4.69, 9.17) is 14.2 Å². The lowest BCUT2D eigenvalue weighted by atomic mass is 10.0. The Balaban J connectivity index is 4.06. The van der Waals surface area contributed by atoms with Crippen LogP contribution in [-0.2, 0) is 28.6 Å². The quantitative estimate of drug-likeness (QED) is 0.0261. The van der Waals surface area contributed by atoms with Crippen LogP contribution in [0.15, 0.2) is 60.8 Å². The van der Waals surface area contributed by atoms with Gasteiger partial charge in [0.15, 0.2) is 6.10 Å². The van der Waals surface area contributed by atoms with Gasteiger partial charge >= 0.3 is 17.9 Å². The van der Waals surface area contributed by atoms with E-state index in [1.54, 1.807) is 0 Å². The lowest BCUT2D eigenvalue weighted by Gasteiger charge is -2.18. The van der Waals surface area contributed by atoms with Gasteiger partial charge in [0.05, 0.1) is 0 Å². The Morgan fingerprint density at radius 1 is 0.284 bits per heavy atom. The highest BCUT2D eigenvalue weighted by Crippen LogP contribution is 2.17. The summed E-state index contributed by atoms with van der Waals surface area (Å²) in [5, 5.41) is 0. The van der Waals surface area contributed by atoms with Crippen LogP contribution in [0.4, 0.5) is 0 Å². The number of ether oxygens (including phenoxy) is 3. The average molecular weight is 1040 g/mol. The molecule has 0 heterocycles. The van der Waals surface area contributed by atoms with Crippen molar-refractivity contribution < 1.29 is 28.6 Å². The molecular weight excluding hydrogens is 913 g/mol. The molecule has 0 N–H and O–H groups in total.